The molecule has 1 N–H and O–H groups in total. The summed E-state index contributed by atoms with van der Waals surface area (Å²) in [6.07, 6.45) is -1.38. The van der Waals surface area contributed by atoms with Gasteiger partial charge in [-0.1, -0.05) is 19.1 Å². The summed E-state index contributed by atoms with van der Waals surface area (Å²) in [4.78, 5) is 0. The average molecular weight is 287 g/mol. The largest absolute Gasteiger partial charge is 0.416 e. The maximum absolute atomic E-state index is 12.8. The van der Waals surface area contributed by atoms with E-state index in [1.807, 2.05) is 6.92 Å². The van der Waals surface area contributed by atoms with E-state index < -0.39 is 11.7 Å². The highest BCUT2D eigenvalue weighted by Crippen LogP contribution is 2.33. The van der Waals surface area contributed by atoms with Gasteiger partial charge in [-0.3, -0.25) is 0 Å². The maximum atomic E-state index is 12.8. The van der Waals surface area contributed by atoms with Gasteiger partial charge in [0.2, 0.25) is 0 Å². The summed E-state index contributed by atoms with van der Waals surface area (Å²) < 4.78 is 44.2. The van der Waals surface area contributed by atoms with Gasteiger partial charge >= 0.3 is 6.18 Å². The van der Waals surface area contributed by atoms with E-state index in [4.69, 9.17) is 4.74 Å². The fraction of sp³-hybridized carbons (Fsp3) is 0.600. The van der Waals surface area contributed by atoms with Gasteiger partial charge in [-0.05, 0) is 43.5 Å². The molecule has 0 saturated carbocycles. The van der Waals surface area contributed by atoms with E-state index in [1.54, 1.807) is 6.07 Å². The Balaban J connectivity index is 2.24. The van der Waals surface area contributed by atoms with Crippen LogP contribution in [0, 0.1) is 0 Å². The molecule has 1 aliphatic heterocycles. The van der Waals surface area contributed by atoms with Gasteiger partial charge < -0.3 is 10.1 Å². The number of nitrogens with one attached hydrogen (secondary N) is 1. The third-order valence-electron chi connectivity index (χ3n) is 3.58. The minimum absolute atomic E-state index is 0.0489. The minimum Gasteiger partial charge on any atom is -0.376 e. The van der Waals surface area contributed by atoms with Gasteiger partial charge in [-0.2, -0.15) is 13.2 Å². The summed E-state index contributed by atoms with van der Waals surface area (Å²) in [6.45, 7) is 3.33. The molecule has 5 heteroatoms. The predicted molar refractivity (Wildman–Crippen MR) is 71.5 cm³/mol. The lowest BCUT2D eigenvalue weighted by Gasteiger charge is -2.31. The van der Waals surface area contributed by atoms with E-state index >= 15 is 0 Å². The molecule has 1 aliphatic rings. The van der Waals surface area contributed by atoms with E-state index in [0.29, 0.717) is 18.7 Å². The molecule has 20 heavy (non-hydrogen) atoms. The van der Waals surface area contributed by atoms with Crippen molar-refractivity contribution in [2.45, 2.75) is 44.5 Å². The van der Waals surface area contributed by atoms with Crippen molar-refractivity contribution in [3.8, 4) is 0 Å². The van der Waals surface area contributed by atoms with Crippen molar-refractivity contribution < 1.29 is 17.9 Å². The molecule has 1 heterocycles. The molecule has 2 atom stereocenters. The number of rotatable bonds is 4. The normalized spacial score (nSPS) is 21.7. The Morgan fingerprint density at radius 2 is 2.15 bits per heavy atom. The van der Waals surface area contributed by atoms with Crippen LogP contribution in [0.1, 0.15) is 43.4 Å². The van der Waals surface area contributed by atoms with Crippen molar-refractivity contribution in [2.75, 3.05) is 13.2 Å². The van der Waals surface area contributed by atoms with Gasteiger partial charge in [0.25, 0.3) is 0 Å². The second kappa shape index (κ2) is 6.59. The van der Waals surface area contributed by atoms with Crippen LogP contribution in [0.5, 0.6) is 0 Å². The molecule has 0 aromatic heterocycles. The molecule has 2 rings (SSSR count). The predicted octanol–water partition coefficient (Wildman–Crippen LogP) is 3.93. The summed E-state index contributed by atoms with van der Waals surface area (Å²) in [5.74, 6) is 0. The second-order valence-electron chi connectivity index (χ2n) is 5.06. The first-order valence-electron chi connectivity index (χ1n) is 7.04. The Morgan fingerprint density at radius 1 is 1.35 bits per heavy atom. The fourth-order valence-electron chi connectivity index (χ4n) is 2.62. The highest BCUT2D eigenvalue weighted by atomic mass is 19.4. The molecular formula is C15H20F3NO. The van der Waals surface area contributed by atoms with Crippen LogP contribution in [-0.4, -0.2) is 19.3 Å². The van der Waals surface area contributed by atoms with E-state index in [9.17, 15) is 13.2 Å². The first-order valence-corrected chi connectivity index (χ1v) is 7.04. The lowest BCUT2D eigenvalue weighted by atomic mass is 9.94. The molecule has 0 amide bonds. The van der Waals surface area contributed by atoms with Crippen LogP contribution in [0.15, 0.2) is 24.3 Å². The highest BCUT2D eigenvalue weighted by Gasteiger charge is 2.32. The number of alkyl halides is 3. The Labute approximate surface area is 117 Å². The molecule has 1 fully saturated rings. The van der Waals surface area contributed by atoms with Crippen LogP contribution < -0.4 is 5.32 Å². The molecule has 2 nitrogen and oxygen atoms in total. The lowest BCUT2D eigenvalue weighted by Crippen LogP contribution is -2.36. The quantitative estimate of drug-likeness (QED) is 0.906. The lowest BCUT2D eigenvalue weighted by molar-refractivity contribution is -0.137. The van der Waals surface area contributed by atoms with Gasteiger partial charge in [-0.15, -0.1) is 0 Å². The molecule has 2 unspecified atom stereocenters. The monoisotopic (exact) mass is 287 g/mol. The van der Waals surface area contributed by atoms with E-state index in [-0.39, 0.29) is 12.1 Å². The van der Waals surface area contributed by atoms with Crippen LogP contribution in [-0.2, 0) is 10.9 Å². The zero-order valence-electron chi connectivity index (χ0n) is 11.5. The zero-order chi connectivity index (χ0) is 14.6. The summed E-state index contributed by atoms with van der Waals surface area (Å²) in [5.41, 5.74) is 0.0438. The first-order chi connectivity index (χ1) is 9.52. The number of hydrogen-bond donors (Lipinski definition) is 1. The number of halogens is 3. The Bertz CT molecular complexity index is 427. The molecule has 112 valence electrons. The highest BCUT2D eigenvalue weighted by molar-refractivity contribution is 5.28. The molecular weight excluding hydrogens is 267 g/mol. The van der Waals surface area contributed by atoms with Gasteiger partial charge in [0.15, 0.2) is 0 Å². The van der Waals surface area contributed by atoms with Crippen LogP contribution >= 0.6 is 0 Å². The van der Waals surface area contributed by atoms with Crippen LogP contribution in [0.4, 0.5) is 13.2 Å². The van der Waals surface area contributed by atoms with Gasteiger partial charge in [-0.25, -0.2) is 0 Å². The van der Waals surface area contributed by atoms with Crippen LogP contribution in [0.2, 0.25) is 0 Å². The maximum Gasteiger partial charge on any atom is 0.416 e. The molecule has 1 aromatic carbocycles. The summed E-state index contributed by atoms with van der Waals surface area (Å²) >= 11 is 0. The molecule has 0 aliphatic carbocycles. The van der Waals surface area contributed by atoms with Gasteiger partial charge in [0, 0.05) is 6.61 Å². The zero-order valence-corrected chi connectivity index (χ0v) is 11.5. The number of benzene rings is 1. The molecule has 1 saturated heterocycles. The number of likely N-dealkylation sites (N-methyl/N-ethyl adjacent to an activating group) is 1. The van der Waals surface area contributed by atoms with Gasteiger partial charge in [0.1, 0.15) is 0 Å². The van der Waals surface area contributed by atoms with Crippen molar-refractivity contribution in [3.63, 3.8) is 0 Å². The van der Waals surface area contributed by atoms with Crippen LogP contribution in [0.3, 0.4) is 0 Å². The Hall–Kier alpha value is -1.07. The standard InChI is InChI=1S/C15H20F3NO/c1-2-19-14(13-8-3-4-9-20-13)11-6-5-7-12(10-11)15(16,17)18/h5-7,10,13-14,19H,2-4,8-9H2,1H3. The molecule has 0 spiro atoms. The minimum atomic E-state index is -4.31. The Kier molecular flexibility index (Phi) is 5.05. The van der Waals surface area contributed by atoms with E-state index in [2.05, 4.69) is 5.32 Å². The van der Waals surface area contributed by atoms with Crippen molar-refractivity contribution >= 4 is 0 Å². The summed E-state index contributed by atoms with van der Waals surface area (Å²) in [5, 5.41) is 3.25. The smallest absolute Gasteiger partial charge is 0.376 e. The van der Waals surface area contributed by atoms with Crippen molar-refractivity contribution in [3.05, 3.63) is 35.4 Å². The van der Waals surface area contributed by atoms with E-state index in [0.717, 1.165) is 25.3 Å². The second-order valence-corrected chi connectivity index (χ2v) is 5.06. The summed E-state index contributed by atoms with van der Waals surface area (Å²) in [7, 11) is 0. The molecule has 0 radical (unpaired) electrons. The van der Waals surface area contributed by atoms with E-state index in [1.165, 1.54) is 12.1 Å². The van der Waals surface area contributed by atoms with Crippen molar-refractivity contribution in [2.24, 2.45) is 0 Å². The van der Waals surface area contributed by atoms with Crippen molar-refractivity contribution in [1.82, 2.24) is 5.32 Å². The number of ether oxygens (including phenoxy) is 1. The molecule has 0 bridgehead atoms. The van der Waals surface area contributed by atoms with Crippen molar-refractivity contribution in [1.29, 1.82) is 0 Å². The third kappa shape index (κ3) is 3.73. The molecule has 1 aromatic rings. The first kappa shape index (κ1) is 15.3. The SMILES string of the molecule is CCNC(c1cccc(C(F)(F)F)c1)C1CCCCO1. The summed E-state index contributed by atoms with van der Waals surface area (Å²) in [6, 6.07) is 5.35. The Morgan fingerprint density at radius 3 is 2.75 bits per heavy atom. The topological polar surface area (TPSA) is 21.3 Å². The fourth-order valence-corrected chi connectivity index (χ4v) is 2.62. The van der Waals surface area contributed by atoms with Gasteiger partial charge in [0.05, 0.1) is 17.7 Å². The van der Waals surface area contributed by atoms with Crippen LogP contribution in [0.25, 0.3) is 0 Å². The third-order valence-corrected chi connectivity index (χ3v) is 3.58. The average Bonchev–Trinajstić information content (AvgIpc) is 2.45. The number of hydrogen-bond acceptors (Lipinski definition) is 2.